The molecule has 4 rings (SSSR count). The third kappa shape index (κ3) is 5.38. The summed E-state index contributed by atoms with van der Waals surface area (Å²) in [6, 6.07) is 4.32. The van der Waals surface area contributed by atoms with Gasteiger partial charge >= 0.3 is 12.2 Å². The maximum Gasteiger partial charge on any atom is 0.414 e. The van der Waals surface area contributed by atoms with Crippen molar-refractivity contribution in [3.05, 3.63) is 35.9 Å². The summed E-state index contributed by atoms with van der Waals surface area (Å²) in [5.74, 6) is -2.36. The number of ether oxygens (including phenoxy) is 2. The molecule has 0 aromatic heterocycles. The largest absolute Gasteiger partial charge is 0.442 e. The second-order valence-corrected chi connectivity index (χ2v) is 8.89. The van der Waals surface area contributed by atoms with Gasteiger partial charge in [-0.25, -0.2) is 18.4 Å². The van der Waals surface area contributed by atoms with Crippen LogP contribution in [0.5, 0.6) is 0 Å². The SMILES string of the molecule is CC(=O)NC[C@H]1CN(c2cc(F)c(-c3cc(N)c(N4C[C@H](CNC(C)=O)OC4=O)cc3F)cc2N)C(=O)O1. The molecule has 4 amide bonds. The van der Waals surface area contributed by atoms with E-state index in [0.717, 1.165) is 21.9 Å². The molecule has 0 radical (unpaired) electrons. The summed E-state index contributed by atoms with van der Waals surface area (Å²) < 4.78 is 40.8. The molecule has 2 aliphatic rings. The maximum absolute atomic E-state index is 15.2. The number of nitrogens with one attached hydrogen (secondary N) is 2. The topological polar surface area (TPSA) is 169 Å². The highest BCUT2D eigenvalue weighted by Crippen LogP contribution is 2.39. The second kappa shape index (κ2) is 10.4. The summed E-state index contributed by atoms with van der Waals surface area (Å²) in [5, 5.41) is 5.08. The normalized spacial score (nSPS) is 18.8. The van der Waals surface area contributed by atoms with E-state index < -0.39 is 36.0 Å². The number of hydrogen-bond donors (Lipinski definition) is 4. The number of rotatable bonds is 7. The van der Waals surface area contributed by atoms with Crippen LogP contribution in [0.2, 0.25) is 0 Å². The molecule has 0 aliphatic carbocycles. The number of hydrogen-bond acceptors (Lipinski definition) is 8. The molecule has 2 heterocycles. The molecule has 2 fully saturated rings. The minimum atomic E-state index is -0.880. The van der Waals surface area contributed by atoms with E-state index in [4.69, 9.17) is 20.9 Å². The van der Waals surface area contributed by atoms with Gasteiger partial charge in [0.1, 0.15) is 23.8 Å². The van der Waals surface area contributed by atoms with E-state index in [2.05, 4.69) is 10.6 Å². The Kier molecular flexibility index (Phi) is 7.23. The van der Waals surface area contributed by atoms with Crippen LogP contribution < -0.4 is 31.9 Å². The highest BCUT2D eigenvalue weighted by molar-refractivity contribution is 5.96. The summed E-state index contributed by atoms with van der Waals surface area (Å²) in [5.41, 5.74) is 11.8. The predicted molar refractivity (Wildman–Crippen MR) is 133 cm³/mol. The molecule has 2 aromatic rings. The van der Waals surface area contributed by atoms with Crippen LogP contribution in [-0.2, 0) is 19.1 Å². The number of amides is 4. The van der Waals surface area contributed by atoms with Gasteiger partial charge in [0.25, 0.3) is 0 Å². The molecule has 0 bridgehead atoms. The van der Waals surface area contributed by atoms with Crippen LogP contribution in [-0.4, -0.2) is 62.4 Å². The fourth-order valence-electron chi connectivity index (χ4n) is 4.20. The van der Waals surface area contributed by atoms with E-state index in [1.807, 2.05) is 0 Å². The Hall–Kier alpha value is -4.62. The van der Waals surface area contributed by atoms with Crippen molar-refractivity contribution in [1.29, 1.82) is 0 Å². The Morgan fingerprint density at radius 3 is 1.53 bits per heavy atom. The van der Waals surface area contributed by atoms with Gasteiger partial charge in [-0.15, -0.1) is 0 Å². The van der Waals surface area contributed by atoms with E-state index >= 15 is 8.78 Å². The number of benzene rings is 2. The van der Waals surface area contributed by atoms with Crippen LogP contribution in [0.1, 0.15) is 13.8 Å². The second-order valence-electron chi connectivity index (χ2n) is 8.89. The minimum Gasteiger partial charge on any atom is -0.442 e. The maximum atomic E-state index is 15.2. The molecule has 0 unspecified atom stereocenters. The van der Waals surface area contributed by atoms with Crippen molar-refractivity contribution in [3.63, 3.8) is 0 Å². The van der Waals surface area contributed by atoms with E-state index in [0.29, 0.717) is 0 Å². The molecule has 12 nitrogen and oxygen atoms in total. The van der Waals surface area contributed by atoms with Crippen molar-refractivity contribution in [3.8, 4) is 11.1 Å². The molecule has 6 N–H and O–H groups in total. The van der Waals surface area contributed by atoms with Crippen LogP contribution >= 0.6 is 0 Å². The van der Waals surface area contributed by atoms with Gasteiger partial charge in [0.2, 0.25) is 11.8 Å². The predicted octanol–water partition coefficient (Wildman–Crippen LogP) is 1.72. The lowest BCUT2D eigenvalue weighted by molar-refractivity contribution is -0.120. The first kappa shape index (κ1) is 26.4. The first-order valence-corrected chi connectivity index (χ1v) is 11.6. The molecule has 2 saturated heterocycles. The molecule has 202 valence electrons. The number of anilines is 4. The minimum absolute atomic E-state index is 0.0208. The van der Waals surface area contributed by atoms with Gasteiger partial charge in [0.15, 0.2) is 0 Å². The van der Waals surface area contributed by atoms with Gasteiger partial charge in [0, 0.05) is 37.1 Å². The van der Waals surface area contributed by atoms with Crippen molar-refractivity contribution in [2.24, 2.45) is 0 Å². The van der Waals surface area contributed by atoms with Crippen molar-refractivity contribution in [2.45, 2.75) is 26.1 Å². The lowest BCUT2D eigenvalue weighted by Crippen LogP contribution is -2.33. The lowest BCUT2D eigenvalue weighted by atomic mass is 10.0. The summed E-state index contributed by atoms with van der Waals surface area (Å²) in [7, 11) is 0. The van der Waals surface area contributed by atoms with Gasteiger partial charge in [-0.3, -0.25) is 19.4 Å². The first-order chi connectivity index (χ1) is 17.9. The Morgan fingerprint density at radius 1 is 0.816 bits per heavy atom. The first-order valence-electron chi connectivity index (χ1n) is 11.6. The Morgan fingerprint density at radius 2 is 1.18 bits per heavy atom. The monoisotopic (exact) mass is 532 g/mol. The molecule has 0 saturated carbocycles. The number of halogens is 2. The smallest absolute Gasteiger partial charge is 0.414 e. The van der Waals surface area contributed by atoms with Gasteiger partial charge in [0.05, 0.1) is 48.9 Å². The van der Waals surface area contributed by atoms with Crippen molar-refractivity contribution in [2.75, 3.05) is 47.4 Å². The number of nitrogens with two attached hydrogens (primary N) is 2. The Balaban J connectivity index is 1.57. The van der Waals surface area contributed by atoms with Crippen LogP contribution in [0.4, 0.5) is 41.1 Å². The summed E-state index contributed by atoms with van der Waals surface area (Å²) in [4.78, 5) is 49.1. The molecule has 0 spiro atoms. The van der Waals surface area contributed by atoms with E-state index in [-0.39, 0.29) is 71.9 Å². The van der Waals surface area contributed by atoms with Crippen LogP contribution in [0.3, 0.4) is 0 Å². The standard InChI is InChI=1S/C24H26F2N6O6/c1-11(33)29-7-13-9-31(23(35)37-13)21-5-17(25)15(3-19(21)27)16-4-20(28)22(6-18(16)26)32-10-14(38-24(32)36)8-30-12(2)34/h3-6,13-14H,7-10,27-28H2,1-2H3,(H,29,33)(H,30,34)/t13-,14-/m0/s1. The van der Waals surface area contributed by atoms with E-state index in [1.165, 1.54) is 26.0 Å². The summed E-state index contributed by atoms with van der Waals surface area (Å²) in [6.45, 7) is 2.84. The zero-order valence-corrected chi connectivity index (χ0v) is 20.5. The molecule has 14 heteroatoms. The number of cyclic esters (lactones) is 2. The molecular weight excluding hydrogens is 506 g/mol. The molecule has 38 heavy (non-hydrogen) atoms. The van der Waals surface area contributed by atoms with Crippen LogP contribution in [0.15, 0.2) is 24.3 Å². The number of nitrogen functional groups attached to an aromatic ring is 2. The van der Waals surface area contributed by atoms with Crippen LogP contribution in [0, 0.1) is 11.6 Å². The van der Waals surface area contributed by atoms with Crippen molar-refractivity contribution >= 4 is 46.8 Å². The fourth-order valence-corrected chi connectivity index (χ4v) is 4.20. The highest BCUT2D eigenvalue weighted by atomic mass is 19.1. The van der Waals surface area contributed by atoms with Gasteiger partial charge in [-0.1, -0.05) is 0 Å². The van der Waals surface area contributed by atoms with Gasteiger partial charge in [-0.2, -0.15) is 0 Å². The quantitative estimate of drug-likeness (QED) is 0.391. The number of nitrogens with zero attached hydrogens (tertiary/aromatic N) is 2. The zero-order chi connectivity index (χ0) is 27.7. The Labute approximate surface area is 215 Å². The fraction of sp³-hybridized carbons (Fsp3) is 0.333. The summed E-state index contributed by atoms with van der Waals surface area (Å²) >= 11 is 0. The molecular formula is C24H26F2N6O6. The average Bonchev–Trinajstić information content (AvgIpc) is 3.40. The van der Waals surface area contributed by atoms with Gasteiger partial charge in [-0.05, 0) is 12.1 Å². The third-order valence-electron chi connectivity index (χ3n) is 6.01. The lowest BCUT2D eigenvalue weighted by Gasteiger charge is -2.19. The number of carbonyl (C=O) groups is 4. The summed E-state index contributed by atoms with van der Waals surface area (Å²) in [6.07, 6.45) is -2.86. The van der Waals surface area contributed by atoms with Crippen LogP contribution in [0.25, 0.3) is 11.1 Å². The van der Waals surface area contributed by atoms with E-state index in [1.54, 1.807) is 0 Å². The van der Waals surface area contributed by atoms with Gasteiger partial charge < -0.3 is 31.6 Å². The average molecular weight is 533 g/mol. The Bertz CT molecular complexity index is 1220. The highest BCUT2D eigenvalue weighted by Gasteiger charge is 2.35. The molecule has 2 atom stereocenters. The zero-order valence-electron chi connectivity index (χ0n) is 20.5. The van der Waals surface area contributed by atoms with Crippen molar-refractivity contribution in [1.82, 2.24) is 10.6 Å². The van der Waals surface area contributed by atoms with E-state index in [9.17, 15) is 19.2 Å². The molecule has 2 aliphatic heterocycles. The molecule has 2 aromatic carbocycles. The van der Waals surface area contributed by atoms with Crippen molar-refractivity contribution < 1.29 is 37.4 Å². The number of carbonyl (C=O) groups excluding carboxylic acids is 4. The third-order valence-corrected chi connectivity index (χ3v) is 6.01.